The van der Waals surface area contributed by atoms with E-state index in [0.29, 0.717) is 106 Å². The third kappa shape index (κ3) is 21.4. The van der Waals surface area contributed by atoms with Gasteiger partial charge in [-0.15, -0.1) is 5.10 Å². The minimum Gasteiger partial charge on any atom is -0.497 e. The standard InChI is InChI=1S/C29H50N3O12P/c1-3-44-45(33,34)23-22-42-19-18-40-15-14-38-11-10-36-8-9-37-12-13-39-16-17-41-20-21-43-26-28-25-32(31-30-28)24-27-4-6-29(35-2)7-5-27/h4-7,25H,3,8-24,26H2,1-2H3,(H,33,34). The van der Waals surface area contributed by atoms with Gasteiger partial charge in [0.05, 0.1) is 138 Å². The lowest BCUT2D eigenvalue weighted by molar-refractivity contribution is -0.0234. The van der Waals surface area contributed by atoms with Crippen LogP contribution in [0.25, 0.3) is 0 Å². The molecule has 1 aromatic heterocycles. The van der Waals surface area contributed by atoms with E-state index >= 15 is 0 Å². The Kier molecular flexibility index (Phi) is 22.7. The van der Waals surface area contributed by atoms with E-state index in [1.54, 1.807) is 18.7 Å². The highest BCUT2D eigenvalue weighted by Crippen LogP contribution is 2.40. The Hall–Kier alpha value is -2.01. The number of ether oxygens (including phenoxy) is 9. The van der Waals surface area contributed by atoms with Crippen LogP contribution in [0.15, 0.2) is 30.5 Å². The maximum atomic E-state index is 11.5. The summed E-state index contributed by atoms with van der Waals surface area (Å²) in [6.45, 7) is 9.35. The summed E-state index contributed by atoms with van der Waals surface area (Å²) >= 11 is 0. The van der Waals surface area contributed by atoms with Crippen LogP contribution in [0.3, 0.4) is 0 Å². The fraction of sp³-hybridized carbons (Fsp3) is 0.724. The lowest BCUT2D eigenvalue weighted by Crippen LogP contribution is -2.15. The number of hydrogen-bond acceptors (Lipinski definition) is 13. The molecule has 1 aromatic carbocycles. The van der Waals surface area contributed by atoms with E-state index in [2.05, 4.69) is 10.3 Å². The van der Waals surface area contributed by atoms with Gasteiger partial charge in [-0.2, -0.15) is 0 Å². The molecular weight excluding hydrogens is 613 g/mol. The van der Waals surface area contributed by atoms with Gasteiger partial charge in [0, 0.05) is 0 Å². The molecule has 1 heterocycles. The number of nitrogens with zero attached hydrogens (tertiary/aromatic N) is 3. The van der Waals surface area contributed by atoms with Crippen LogP contribution in [0, 0.1) is 0 Å². The summed E-state index contributed by atoms with van der Waals surface area (Å²) in [6.07, 6.45) is 1.84. The van der Waals surface area contributed by atoms with Gasteiger partial charge in [0.2, 0.25) is 0 Å². The summed E-state index contributed by atoms with van der Waals surface area (Å²) < 4.78 is 66.8. The van der Waals surface area contributed by atoms with E-state index in [-0.39, 0.29) is 19.4 Å². The first-order valence-electron chi connectivity index (χ1n) is 15.1. The summed E-state index contributed by atoms with van der Waals surface area (Å²) in [5.74, 6) is 0.822. The van der Waals surface area contributed by atoms with Crippen molar-refractivity contribution in [1.29, 1.82) is 0 Å². The van der Waals surface area contributed by atoms with Crippen molar-refractivity contribution in [3.05, 3.63) is 41.7 Å². The minimum atomic E-state index is -3.53. The van der Waals surface area contributed by atoms with Gasteiger partial charge in [-0.25, -0.2) is 4.68 Å². The summed E-state index contributed by atoms with van der Waals surface area (Å²) in [5, 5.41) is 8.28. The van der Waals surface area contributed by atoms with Crippen LogP contribution < -0.4 is 4.74 Å². The van der Waals surface area contributed by atoms with E-state index in [9.17, 15) is 9.46 Å². The van der Waals surface area contributed by atoms with Crippen molar-refractivity contribution in [2.24, 2.45) is 0 Å². The fourth-order valence-corrected chi connectivity index (χ4v) is 4.45. The molecule has 1 atom stereocenters. The summed E-state index contributed by atoms with van der Waals surface area (Å²) in [5.41, 5.74) is 1.87. The Labute approximate surface area is 265 Å². The summed E-state index contributed by atoms with van der Waals surface area (Å²) in [4.78, 5) is 9.42. The molecule has 0 saturated heterocycles. The quantitative estimate of drug-likeness (QED) is 0.0924. The normalized spacial score (nSPS) is 12.9. The molecule has 0 aliphatic heterocycles. The van der Waals surface area contributed by atoms with Crippen LogP contribution in [0.1, 0.15) is 18.2 Å². The van der Waals surface area contributed by atoms with Crippen LogP contribution in [0.4, 0.5) is 0 Å². The Morgan fingerprint density at radius 3 is 1.58 bits per heavy atom. The minimum absolute atomic E-state index is 0.0292. The molecule has 16 heteroatoms. The zero-order valence-electron chi connectivity index (χ0n) is 26.5. The molecule has 0 aliphatic rings. The van der Waals surface area contributed by atoms with Gasteiger partial charge in [0.25, 0.3) is 0 Å². The van der Waals surface area contributed by atoms with E-state index in [1.807, 2.05) is 30.5 Å². The van der Waals surface area contributed by atoms with Crippen molar-refractivity contribution >= 4 is 7.60 Å². The first-order chi connectivity index (χ1) is 22.0. The molecule has 45 heavy (non-hydrogen) atoms. The van der Waals surface area contributed by atoms with Gasteiger partial charge in [-0.3, -0.25) is 4.57 Å². The summed E-state index contributed by atoms with van der Waals surface area (Å²) in [7, 11) is -1.88. The third-order valence-corrected chi connectivity index (χ3v) is 7.20. The molecule has 2 aromatic rings. The van der Waals surface area contributed by atoms with Crippen LogP contribution in [0.5, 0.6) is 5.75 Å². The number of methoxy groups -OCH3 is 1. The largest absolute Gasteiger partial charge is 0.497 e. The third-order valence-electron chi connectivity index (χ3n) is 5.79. The Bertz CT molecular complexity index is 1010. The van der Waals surface area contributed by atoms with Gasteiger partial charge in [0.1, 0.15) is 11.4 Å². The molecule has 258 valence electrons. The maximum Gasteiger partial charge on any atom is 0.330 e. The zero-order chi connectivity index (χ0) is 32.3. The fourth-order valence-electron chi connectivity index (χ4n) is 3.56. The van der Waals surface area contributed by atoms with Gasteiger partial charge in [-0.1, -0.05) is 17.3 Å². The van der Waals surface area contributed by atoms with Gasteiger partial charge < -0.3 is 52.0 Å². The molecule has 1 unspecified atom stereocenters. The molecule has 0 amide bonds. The first kappa shape index (κ1) is 39.2. The van der Waals surface area contributed by atoms with Crippen LogP contribution >= 0.6 is 7.60 Å². The predicted octanol–water partition coefficient (Wildman–Crippen LogP) is 2.19. The molecule has 2 rings (SSSR count). The van der Waals surface area contributed by atoms with Crippen molar-refractivity contribution in [3.8, 4) is 5.75 Å². The van der Waals surface area contributed by atoms with Crippen LogP contribution in [0.2, 0.25) is 0 Å². The molecule has 0 bridgehead atoms. The first-order valence-corrected chi connectivity index (χ1v) is 16.9. The van der Waals surface area contributed by atoms with Crippen molar-refractivity contribution in [3.63, 3.8) is 0 Å². The van der Waals surface area contributed by atoms with Crippen LogP contribution in [-0.2, 0) is 60.1 Å². The Morgan fingerprint density at radius 1 is 0.689 bits per heavy atom. The van der Waals surface area contributed by atoms with Gasteiger partial charge in [0.15, 0.2) is 0 Å². The number of hydrogen-bond donors (Lipinski definition) is 1. The van der Waals surface area contributed by atoms with Gasteiger partial charge in [-0.05, 0) is 24.6 Å². The molecule has 0 aliphatic carbocycles. The van der Waals surface area contributed by atoms with Crippen LogP contribution in [-0.4, -0.2) is 139 Å². The van der Waals surface area contributed by atoms with Crippen molar-refractivity contribution in [2.75, 3.05) is 119 Å². The summed E-state index contributed by atoms with van der Waals surface area (Å²) in [6, 6.07) is 7.84. The van der Waals surface area contributed by atoms with Crippen molar-refractivity contribution in [1.82, 2.24) is 15.0 Å². The van der Waals surface area contributed by atoms with Crippen molar-refractivity contribution in [2.45, 2.75) is 20.1 Å². The zero-order valence-corrected chi connectivity index (χ0v) is 27.4. The number of aromatic nitrogens is 3. The highest BCUT2D eigenvalue weighted by Gasteiger charge is 2.17. The maximum absolute atomic E-state index is 11.5. The highest BCUT2D eigenvalue weighted by atomic mass is 31.2. The predicted molar refractivity (Wildman–Crippen MR) is 164 cm³/mol. The van der Waals surface area contributed by atoms with E-state index in [0.717, 1.165) is 17.0 Å². The topological polar surface area (TPSA) is 160 Å². The molecule has 0 spiro atoms. The van der Waals surface area contributed by atoms with Crippen molar-refractivity contribution < 1.29 is 56.6 Å². The van der Waals surface area contributed by atoms with Gasteiger partial charge >= 0.3 is 7.60 Å². The van der Waals surface area contributed by atoms with E-state index in [1.165, 1.54) is 0 Å². The molecule has 15 nitrogen and oxygen atoms in total. The second kappa shape index (κ2) is 26.1. The lowest BCUT2D eigenvalue weighted by atomic mass is 10.2. The second-order valence-corrected chi connectivity index (χ2v) is 11.4. The monoisotopic (exact) mass is 663 g/mol. The highest BCUT2D eigenvalue weighted by molar-refractivity contribution is 7.52. The Morgan fingerprint density at radius 2 is 1.13 bits per heavy atom. The number of rotatable bonds is 31. The second-order valence-electron chi connectivity index (χ2n) is 9.37. The van der Waals surface area contributed by atoms with E-state index in [4.69, 9.17) is 47.2 Å². The van der Waals surface area contributed by atoms with E-state index < -0.39 is 7.60 Å². The average Bonchev–Trinajstić information content (AvgIpc) is 3.48. The Balaban J connectivity index is 1.24. The smallest absolute Gasteiger partial charge is 0.330 e. The molecule has 0 saturated carbocycles. The number of benzene rings is 1. The molecule has 0 fully saturated rings. The molecular formula is C29H50N3O12P. The lowest BCUT2D eigenvalue weighted by Gasteiger charge is -2.11. The molecule has 0 radical (unpaired) electrons. The molecule has 1 N–H and O–H groups in total. The SMILES string of the molecule is CCOP(=O)(O)CCOCCOCCOCCOCCOCCOCCOCCOCc1cn(Cc2ccc(OC)cc2)nn1. The average molecular weight is 664 g/mol.